The first kappa shape index (κ1) is 14.4. The summed E-state index contributed by atoms with van der Waals surface area (Å²) in [5.41, 5.74) is 1.21. The minimum absolute atomic E-state index is 0.275. The summed E-state index contributed by atoms with van der Waals surface area (Å²) in [6.45, 7) is 2.19. The maximum Gasteiger partial charge on any atom is 0.123 e. The van der Waals surface area contributed by atoms with Gasteiger partial charge in [0.2, 0.25) is 0 Å². The molecule has 0 radical (unpaired) electrons. The van der Waals surface area contributed by atoms with Gasteiger partial charge >= 0.3 is 0 Å². The molecule has 19 heavy (non-hydrogen) atoms. The van der Waals surface area contributed by atoms with Gasteiger partial charge in [0, 0.05) is 24.8 Å². The fraction of sp³-hybridized carbons (Fsp3) is 0.625. The average molecular weight is 263 g/mol. The van der Waals surface area contributed by atoms with Gasteiger partial charge in [0.25, 0.3) is 0 Å². The topological polar surface area (TPSA) is 30.5 Å². The largest absolute Gasteiger partial charge is 0.496 e. The predicted molar refractivity (Wildman–Crippen MR) is 77.6 cm³/mol. The lowest BCUT2D eigenvalue weighted by molar-refractivity contribution is 0.0383. The first-order valence-corrected chi connectivity index (χ1v) is 7.18. The number of ether oxygens (including phenoxy) is 2. The summed E-state index contributed by atoms with van der Waals surface area (Å²) in [5, 5.41) is 3.71. The van der Waals surface area contributed by atoms with Crippen LogP contribution < -0.4 is 10.1 Å². The van der Waals surface area contributed by atoms with Crippen molar-refractivity contribution >= 4 is 0 Å². The van der Waals surface area contributed by atoms with E-state index in [4.69, 9.17) is 9.47 Å². The van der Waals surface area contributed by atoms with Gasteiger partial charge < -0.3 is 14.8 Å². The number of rotatable bonds is 5. The Balaban J connectivity index is 2.05. The van der Waals surface area contributed by atoms with E-state index in [2.05, 4.69) is 24.4 Å². The lowest BCUT2D eigenvalue weighted by Gasteiger charge is -2.33. The van der Waals surface area contributed by atoms with Crippen LogP contribution in [0.5, 0.6) is 5.75 Å². The van der Waals surface area contributed by atoms with Gasteiger partial charge in [-0.2, -0.15) is 0 Å². The lowest BCUT2D eigenvalue weighted by atomic mass is 9.91. The van der Waals surface area contributed by atoms with E-state index in [1.165, 1.54) is 24.8 Å². The zero-order chi connectivity index (χ0) is 13.7. The Labute approximate surface area is 116 Å². The molecule has 1 saturated carbocycles. The van der Waals surface area contributed by atoms with E-state index in [1.807, 2.05) is 19.2 Å². The molecule has 1 fully saturated rings. The first-order chi connectivity index (χ1) is 9.26. The van der Waals surface area contributed by atoms with Gasteiger partial charge in [-0.1, -0.05) is 31.0 Å². The van der Waals surface area contributed by atoms with Crippen molar-refractivity contribution in [2.75, 3.05) is 14.2 Å². The Hall–Kier alpha value is -1.06. The Kier molecular flexibility index (Phi) is 5.23. The van der Waals surface area contributed by atoms with E-state index >= 15 is 0 Å². The van der Waals surface area contributed by atoms with Crippen molar-refractivity contribution in [1.29, 1.82) is 0 Å². The summed E-state index contributed by atoms with van der Waals surface area (Å²) < 4.78 is 11.0. The molecule has 0 spiro atoms. The van der Waals surface area contributed by atoms with Crippen LogP contribution in [0.25, 0.3) is 0 Å². The van der Waals surface area contributed by atoms with Crippen LogP contribution in [-0.2, 0) is 4.74 Å². The van der Waals surface area contributed by atoms with Crippen LogP contribution in [0.2, 0.25) is 0 Å². The Morgan fingerprint density at radius 3 is 2.63 bits per heavy atom. The minimum atomic E-state index is 0.275. The fourth-order valence-electron chi connectivity index (χ4n) is 3.00. The standard InChI is InChI=1S/C16H25NO2/c1-12(13-8-4-6-10-15(13)18-2)17-14-9-5-7-11-16(14)19-3/h4,6,8,10,12,14,16-17H,5,7,9,11H2,1-3H3/t12-,14?,16?/m1/s1. The van der Waals surface area contributed by atoms with Crippen molar-refractivity contribution < 1.29 is 9.47 Å². The van der Waals surface area contributed by atoms with Gasteiger partial charge in [-0.15, -0.1) is 0 Å². The molecule has 0 aliphatic heterocycles. The van der Waals surface area contributed by atoms with E-state index < -0.39 is 0 Å². The second-order valence-corrected chi connectivity index (χ2v) is 5.30. The highest BCUT2D eigenvalue weighted by atomic mass is 16.5. The normalized spacial score (nSPS) is 25.0. The van der Waals surface area contributed by atoms with Gasteiger partial charge in [0.05, 0.1) is 13.2 Å². The second-order valence-electron chi connectivity index (χ2n) is 5.30. The zero-order valence-electron chi connectivity index (χ0n) is 12.2. The van der Waals surface area contributed by atoms with Crippen LogP contribution in [0.1, 0.15) is 44.2 Å². The molecule has 0 saturated heterocycles. The molecule has 1 N–H and O–H groups in total. The van der Waals surface area contributed by atoms with Crippen LogP contribution in [-0.4, -0.2) is 26.4 Å². The third kappa shape index (κ3) is 3.48. The monoisotopic (exact) mass is 263 g/mol. The van der Waals surface area contributed by atoms with Crippen LogP contribution in [0.4, 0.5) is 0 Å². The summed E-state index contributed by atoms with van der Waals surface area (Å²) in [5.74, 6) is 0.951. The first-order valence-electron chi connectivity index (χ1n) is 7.18. The molecule has 106 valence electrons. The molecule has 1 aromatic carbocycles. The zero-order valence-corrected chi connectivity index (χ0v) is 12.2. The molecule has 0 heterocycles. The minimum Gasteiger partial charge on any atom is -0.496 e. The van der Waals surface area contributed by atoms with Crippen molar-refractivity contribution in [3.63, 3.8) is 0 Å². The molecular weight excluding hydrogens is 238 g/mol. The third-order valence-corrected chi connectivity index (χ3v) is 4.07. The summed E-state index contributed by atoms with van der Waals surface area (Å²) in [4.78, 5) is 0. The van der Waals surface area contributed by atoms with Crippen molar-refractivity contribution in [2.24, 2.45) is 0 Å². The maximum atomic E-state index is 5.60. The maximum absolute atomic E-state index is 5.60. The van der Waals surface area contributed by atoms with Crippen molar-refractivity contribution in [3.8, 4) is 5.75 Å². The van der Waals surface area contributed by atoms with Crippen LogP contribution >= 0.6 is 0 Å². The third-order valence-electron chi connectivity index (χ3n) is 4.07. The van der Waals surface area contributed by atoms with Gasteiger partial charge in [0.15, 0.2) is 0 Å². The van der Waals surface area contributed by atoms with Crippen LogP contribution in [0.3, 0.4) is 0 Å². The van der Waals surface area contributed by atoms with E-state index in [0.717, 1.165) is 12.2 Å². The summed E-state index contributed by atoms with van der Waals surface area (Å²) in [6, 6.07) is 8.93. The second kappa shape index (κ2) is 6.92. The van der Waals surface area contributed by atoms with Crippen molar-refractivity contribution in [1.82, 2.24) is 5.32 Å². The quantitative estimate of drug-likeness (QED) is 0.884. The molecule has 3 atom stereocenters. The molecule has 0 aromatic heterocycles. The van der Waals surface area contributed by atoms with E-state index in [1.54, 1.807) is 7.11 Å². The molecule has 3 heteroatoms. The van der Waals surface area contributed by atoms with Crippen molar-refractivity contribution in [2.45, 2.75) is 50.8 Å². The highest BCUT2D eigenvalue weighted by Gasteiger charge is 2.26. The molecule has 0 bridgehead atoms. The molecule has 3 nitrogen and oxygen atoms in total. The highest BCUT2D eigenvalue weighted by Crippen LogP contribution is 2.28. The Morgan fingerprint density at radius 2 is 1.89 bits per heavy atom. The fourth-order valence-corrected chi connectivity index (χ4v) is 3.00. The van der Waals surface area contributed by atoms with Crippen LogP contribution in [0.15, 0.2) is 24.3 Å². The summed E-state index contributed by atoms with van der Waals surface area (Å²) in [7, 11) is 3.54. The van der Waals surface area contributed by atoms with Crippen molar-refractivity contribution in [3.05, 3.63) is 29.8 Å². The average Bonchev–Trinajstić information content (AvgIpc) is 2.47. The van der Waals surface area contributed by atoms with Gasteiger partial charge in [-0.05, 0) is 25.8 Å². The smallest absolute Gasteiger partial charge is 0.123 e. The summed E-state index contributed by atoms with van der Waals surface area (Å²) in [6.07, 6.45) is 5.26. The Bertz CT molecular complexity index is 394. The van der Waals surface area contributed by atoms with E-state index in [9.17, 15) is 0 Å². The lowest BCUT2D eigenvalue weighted by Crippen LogP contribution is -2.44. The highest BCUT2D eigenvalue weighted by molar-refractivity contribution is 5.35. The number of benzene rings is 1. The SMILES string of the molecule is COc1ccccc1[C@@H](C)NC1CCCCC1OC. The number of hydrogen-bond acceptors (Lipinski definition) is 3. The van der Waals surface area contributed by atoms with E-state index in [-0.39, 0.29) is 6.04 Å². The molecule has 2 unspecified atom stereocenters. The van der Waals surface area contributed by atoms with E-state index in [0.29, 0.717) is 12.1 Å². The Morgan fingerprint density at radius 1 is 1.16 bits per heavy atom. The molecule has 1 aliphatic rings. The van der Waals surface area contributed by atoms with Gasteiger partial charge in [-0.3, -0.25) is 0 Å². The molecule has 2 rings (SSSR count). The molecular formula is C16H25NO2. The number of para-hydroxylation sites is 1. The molecule has 1 aromatic rings. The number of methoxy groups -OCH3 is 2. The molecule has 0 amide bonds. The predicted octanol–water partition coefficient (Wildman–Crippen LogP) is 3.30. The number of hydrogen-bond donors (Lipinski definition) is 1. The molecule has 1 aliphatic carbocycles. The van der Waals surface area contributed by atoms with Crippen LogP contribution in [0, 0.1) is 0 Å². The number of nitrogens with one attached hydrogen (secondary N) is 1. The van der Waals surface area contributed by atoms with Gasteiger partial charge in [-0.25, -0.2) is 0 Å². The summed E-state index contributed by atoms with van der Waals surface area (Å²) >= 11 is 0. The van der Waals surface area contributed by atoms with Gasteiger partial charge in [0.1, 0.15) is 5.75 Å².